The molecule has 1 aromatic carbocycles. The Morgan fingerprint density at radius 3 is 2.33 bits per heavy atom. The molecule has 0 heterocycles. The lowest BCUT2D eigenvalue weighted by molar-refractivity contribution is -0.393. The standard InChI is InChI=1S/C8H7N3O7/c1-17-8(12)18-6-3-4(10(13)14)2-5(7(6)9)11(15)16/h2-3H,9H2,1H3. The number of nitro groups is 2. The van der Waals surface area contributed by atoms with Crippen LogP contribution in [0, 0.1) is 20.2 Å². The summed E-state index contributed by atoms with van der Waals surface area (Å²) in [6.45, 7) is 0. The third-order valence-electron chi connectivity index (χ3n) is 1.87. The molecule has 0 radical (unpaired) electrons. The molecule has 10 nitrogen and oxygen atoms in total. The summed E-state index contributed by atoms with van der Waals surface area (Å²) in [6, 6.07) is 1.46. The summed E-state index contributed by atoms with van der Waals surface area (Å²) < 4.78 is 8.63. The number of non-ortho nitro benzene ring substituents is 1. The van der Waals surface area contributed by atoms with Crippen molar-refractivity contribution in [2.45, 2.75) is 0 Å². The Morgan fingerprint density at radius 2 is 1.89 bits per heavy atom. The van der Waals surface area contributed by atoms with Gasteiger partial charge in [-0.3, -0.25) is 20.2 Å². The van der Waals surface area contributed by atoms with Gasteiger partial charge in [0.15, 0.2) is 11.4 Å². The van der Waals surface area contributed by atoms with Crippen LogP contribution in [0.2, 0.25) is 0 Å². The van der Waals surface area contributed by atoms with E-state index in [1.165, 1.54) is 0 Å². The van der Waals surface area contributed by atoms with Crippen LogP contribution in [0.4, 0.5) is 21.9 Å². The smallest absolute Gasteiger partial charge is 0.437 e. The predicted molar refractivity (Wildman–Crippen MR) is 57.2 cm³/mol. The Balaban J connectivity index is 3.35. The SMILES string of the molecule is COC(=O)Oc1cc([N+](=O)[O-])cc([N+](=O)[O-])c1N. The molecule has 0 aliphatic carbocycles. The van der Waals surface area contributed by atoms with Crippen molar-refractivity contribution in [2.75, 3.05) is 12.8 Å². The summed E-state index contributed by atoms with van der Waals surface area (Å²) in [7, 11) is 1.00. The van der Waals surface area contributed by atoms with E-state index in [0.29, 0.717) is 6.07 Å². The van der Waals surface area contributed by atoms with Gasteiger partial charge in [0, 0.05) is 0 Å². The van der Waals surface area contributed by atoms with Gasteiger partial charge in [-0.1, -0.05) is 0 Å². The van der Waals surface area contributed by atoms with Crippen LogP contribution in [0.5, 0.6) is 5.75 Å². The summed E-state index contributed by atoms with van der Waals surface area (Å²) in [5, 5.41) is 21.2. The number of nitrogens with two attached hydrogens (primary N) is 1. The summed E-state index contributed by atoms with van der Waals surface area (Å²) in [6.07, 6.45) is -1.20. The zero-order chi connectivity index (χ0) is 13.9. The first-order valence-corrected chi connectivity index (χ1v) is 4.35. The van der Waals surface area contributed by atoms with Gasteiger partial charge >= 0.3 is 11.8 Å². The van der Waals surface area contributed by atoms with Crippen molar-refractivity contribution in [3.8, 4) is 5.75 Å². The molecule has 0 bridgehead atoms. The molecule has 1 rings (SSSR count). The number of ether oxygens (including phenoxy) is 2. The molecule has 0 spiro atoms. The van der Waals surface area contributed by atoms with Gasteiger partial charge in [0.05, 0.1) is 29.1 Å². The third-order valence-corrected chi connectivity index (χ3v) is 1.87. The molecule has 0 amide bonds. The second-order valence-corrected chi connectivity index (χ2v) is 2.95. The lowest BCUT2D eigenvalue weighted by Gasteiger charge is -2.05. The number of anilines is 1. The summed E-state index contributed by atoms with van der Waals surface area (Å²) in [4.78, 5) is 30.3. The van der Waals surface area contributed by atoms with E-state index in [1.807, 2.05) is 0 Å². The maximum atomic E-state index is 10.9. The van der Waals surface area contributed by atoms with Gasteiger partial charge in [0.25, 0.3) is 5.69 Å². The van der Waals surface area contributed by atoms with E-state index in [0.717, 1.165) is 13.2 Å². The zero-order valence-corrected chi connectivity index (χ0v) is 8.98. The number of nitrogen functional groups attached to an aromatic ring is 1. The molecule has 0 aromatic heterocycles. The van der Waals surface area contributed by atoms with Crippen LogP contribution in [0.1, 0.15) is 0 Å². The Hall–Kier alpha value is -2.91. The Labute approximate surface area is 99.2 Å². The van der Waals surface area contributed by atoms with Gasteiger partial charge in [0.2, 0.25) is 0 Å². The summed E-state index contributed by atoms with van der Waals surface area (Å²) in [5.74, 6) is -0.511. The second kappa shape index (κ2) is 4.95. The monoisotopic (exact) mass is 257 g/mol. The average Bonchev–Trinajstić information content (AvgIpc) is 2.30. The maximum Gasteiger partial charge on any atom is 0.513 e. The van der Waals surface area contributed by atoms with Gasteiger partial charge in [-0.05, 0) is 0 Å². The van der Waals surface area contributed by atoms with Gasteiger partial charge in [-0.15, -0.1) is 0 Å². The molecule has 0 unspecified atom stereocenters. The minimum absolute atomic E-state index is 0.504. The van der Waals surface area contributed by atoms with Crippen LogP contribution in [-0.2, 0) is 4.74 Å². The largest absolute Gasteiger partial charge is 0.513 e. The van der Waals surface area contributed by atoms with Crippen molar-refractivity contribution < 1.29 is 24.1 Å². The van der Waals surface area contributed by atoms with Crippen molar-refractivity contribution in [2.24, 2.45) is 0 Å². The minimum Gasteiger partial charge on any atom is -0.437 e. The molecule has 96 valence electrons. The number of nitrogens with zero attached hydrogens (tertiary/aromatic N) is 2. The van der Waals surface area contributed by atoms with Gasteiger partial charge in [-0.2, -0.15) is 0 Å². The molecule has 1 aromatic rings. The van der Waals surface area contributed by atoms with Crippen molar-refractivity contribution in [1.82, 2.24) is 0 Å². The van der Waals surface area contributed by atoms with E-state index in [9.17, 15) is 25.0 Å². The lowest BCUT2D eigenvalue weighted by atomic mass is 10.2. The number of carbonyl (C=O) groups is 1. The zero-order valence-electron chi connectivity index (χ0n) is 8.98. The Kier molecular flexibility index (Phi) is 3.62. The third kappa shape index (κ3) is 2.61. The first kappa shape index (κ1) is 13.2. The van der Waals surface area contributed by atoms with Crippen LogP contribution < -0.4 is 10.5 Å². The van der Waals surface area contributed by atoms with E-state index in [1.54, 1.807) is 0 Å². The van der Waals surface area contributed by atoms with Gasteiger partial charge in [0.1, 0.15) is 0 Å². The minimum atomic E-state index is -1.20. The second-order valence-electron chi connectivity index (χ2n) is 2.95. The van der Waals surface area contributed by atoms with Crippen molar-refractivity contribution >= 4 is 23.2 Å². The normalized spacial score (nSPS) is 9.61. The fourth-order valence-corrected chi connectivity index (χ4v) is 1.07. The van der Waals surface area contributed by atoms with Crippen molar-refractivity contribution in [1.29, 1.82) is 0 Å². The molecule has 0 fully saturated rings. The van der Waals surface area contributed by atoms with Gasteiger partial charge in [-0.25, -0.2) is 4.79 Å². The highest BCUT2D eigenvalue weighted by Crippen LogP contribution is 2.36. The molecule has 0 aliphatic heterocycles. The van der Waals surface area contributed by atoms with E-state index >= 15 is 0 Å². The fourth-order valence-electron chi connectivity index (χ4n) is 1.07. The Morgan fingerprint density at radius 1 is 1.28 bits per heavy atom. The summed E-state index contributed by atoms with van der Waals surface area (Å²) in [5.41, 5.74) is 3.49. The number of rotatable bonds is 3. The number of methoxy groups -OCH3 is 1. The highest BCUT2D eigenvalue weighted by atomic mass is 16.7. The van der Waals surface area contributed by atoms with E-state index in [2.05, 4.69) is 9.47 Å². The van der Waals surface area contributed by atoms with Crippen molar-refractivity contribution in [3.63, 3.8) is 0 Å². The van der Waals surface area contributed by atoms with Crippen LogP contribution in [0.25, 0.3) is 0 Å². The van der Waals surface area contributed by atoms with Crippen molar-refractivity contribution in [3.05, 3.63) is 32.4 Å². The molecular weight excluding hydrogens is 250 g/mol. The summed E-state index contributed by atoms with van der Waals surface area (Å²) >= 11 is 0. The van der Waals surface area contributed by atoms with E-state index in [-0.39, 0.29) is 0 Å². The van der Waals surface area contributed by atoms with Gasteiger partial charge < -0.3 is 15.2 Å². The van der Waals surface area contributed by atoms with Crippen LogP contribution in [0.3, 0.4) is 0 Å². The fraction of sp³-hybridized carbons (Fsp3) is 0.125. The van der Waals surface area contributed by atoms with E-state index in [4.69, 9.17) is 5.73 Å². The molecular formula is C8H7N3O7. The molecule has 0 atom stereocenters. The predicted octanol–water partition coefficient (Wildman–Crippen LogP) is 1.23. The quantitative estimate of drug-likeness (QED) is 0.279. The first-order valence-electron chi connectivity index (χ1n) is 4.35. The van der Waals surface area contributed by atoms with Crippen LogP contribution in [0.15, 0.2) is 12.1 Å². The van der Waals surface area contributed by atoms with Crippen LogP contribution >= 0.6 is 0 Å². The molecule has 0 saturated heterocycles. The van der Waals surface area contributed by atoms with Crippen LogP contribution in [-0.4, -0.2) is 23.1 Å². The number of nitro benzene ring substituents is 2. The topological polar surface area (TPSA) is 148 Å². The lowest BCUT2D eigenvalue weighted by Crippen LogP contribution is -2.10. The Bertz CT molecular complexity index is 528. The highest BCUT2D eigenvalue weighted by Gasteiger charge is 2.24. The molecule has 0 aliphatic rings. The van der Waals surface area contributed by atoms with E-state index < -0.39 is 38.8 Å². The maximum absolute atomic E-state index is 10.9. The first-order chi connectivity index (χ1) is 8.36. The highest BCUT2D eigenvalue weighted by molar-refractivity contribution is 5.75. The molecule has 18 heavy (non-hydrogen) atoms. The average molecular weight is 257 g/mol. The number of hydrogen-bond donors (Lipinski definition) is 1. The number of carbonyl (C=O) groups excluding carboxylic acids is 1. The molecule has 2 N–H and O–H groups in total. The number of benzene rings is 1. The molecule has 0 saturated carbocycles. The number of hydrogen-bond acceptors (Lipinski definition) is 8. The molecule has 10 heteroatoms.